The van der Waals surface area contributed by atoms with Crippen LogP contribution in [0.2, 0.25) is 5.02 Å². The van der Waals surface area contributed by atoms with Crippen molar-refractivity contribution in [2.24, 2.45) is 25.3 Å². The standard InChI is InChI=1S/2C31H26BrN2.C30H24N7O2.C28H26ClN3O3.Cu/c2*1-17-13-18(2)28(19(3)14-17)31-26-16-23(32)11-12-25(26)29(34-31)20(4)27-15-22-10-9-21-7-5-6-8-24(21)30(22)33-27;1-22-17-19-23(20-18-22)27-34-36(24-11-5-2-6-12-24)21-37(35-27)28-31-29(38-25-13-7-3-8-14-25)33-30(32-28)39-26-15-9-4-10-16-26;1-5-9-20-23(27(35)32(30-20)17-10-7-6-8-11-17)24-25(33)18(26(24)34)15-22-28(2,3)19-14-16(29)12-13-21(19)31(22)4;/h2*5-8,11-16H,9-10H2,1-4H3;2-20H,21H2,1H3;6-8,10-15,33H,5,9H2,1-4H3;/q2*-1;+1;;+2/p-1. The van der Waals surface area contributed by atoms with Crippen molar-refractivity contribution < 1.29 is 45.9 Å². The molecule has 713 valence electrons. The summed E-state index contributed by atoms with van der Waals surface area (Å²) >= 11 is 13.6. The summed E-state index contributed by atoms with van der Waals surface area (Å²) in [5.74, 6) is 0.672. The zero-order chi connectivity index (χ0) is 98.6. The Morgan fingerprint density at radius 1 is 0.531 bits per heavy atom. The second-order valence-electron chi connectivity index (χ2n) is 37.3. The summed E-state index contributed by atoms with van der Waals surface area (Å²) in [6.45, 7) is 25.7. The summed E-state index contributed by atoms with van der Waals surface area (Å²) in [6.07, 6.45) is 11.7. The van der Waals surface area contributed by atoms with Gasteiger partial charge < -0.3 is 29.4 Å². The van der Waals surface area contributed by atoms with E-state index in [9.17, 15) is 14.7 Å². The molecule has 0 bridgehead atoms. The van der Waals surface area contributed by atoms with Crippen LogP contribution in [0.15, 0.2) is 376 Å². The maximum Gasteiger partial charge on any atom is 2.00 e. The molecule has 0 saturated carbocycles. The monoisotopic (exact) mass is 2070 g/mol. The number of ketones is 1. The van der Waals surface area contributed by atoms with Crippen molar-refractivity contribution in [2.45, 2.75) is 127 Å². The van der Waals surface area contributed by atoms with Gasteiger partial charge in [0.2, 0.25) is 5.84 Å². The van der Waals surface area contributed by atoms with E-state index in [0.717, 1.165) is 132 Å². The van der Waals surface area contributed by atoms with E-state index >= 15 is 0 Å². The van der Waals surface area contributed by atoms with Crippen molar-refractivity contribution in [3.8, 4) is 46.0 Å². The molecule has 23 heteroatoms. The molecule has 0 saturated heterocycles. The van der Waals surface area contributed by atoms with Gasteiger partial charge in [-0.2, -0.15) is 10.1 Å². The van der Waals surface area contributed by atoms with Gasteiger partial charge in [-0.15, -0.1) is 37.6 Å². The predicted octanol–water partition coefficient (Wildman–Crippen LogP) is 27.9. The SMILES string of the molecule is CC(=C1C=C2CCc3ccccc3C2=N1)c1[n-]c(-c2c(C)cc(C)cc2C)c2cc(Br)ccc12.CC(=C1C=C2CCc3ccccc3C2=N1)c1[n-]c(-c2c(C)cc(C)cc2C)c2cc(Br)ccc12.CCCC1=NN(c2ccccc2)C(=O)C1=C1C(=O)C(C=C2N(C)c3ccc(Cl)cc3C2(C)C)=C1[O-].Cc1ccc(C2=NN(c3ccccc3)C[N+](c3nc(Oc4ccccc4)nc(Oc4ccccc4)n3)=N2)cc1.[Cu+2]. The zero-order valence-corrected chi connectivity index (χ0v) is 86.3. The number of likely N-dealkylation sites (N-methyl/N-ethyl adjacent to an activating group) is 1. The number of aryl methyl sites for hydroxylation is 9. The van der Waals surface area contributed by atoms with Crippen LogP contribution in [0.3, 0.4) is 0 Å². The number of benzene rings is 12. The summed E-state index contributed by atoms with van der Waals surface area (Å²) < 4.78 is 15.7. The normalized spacial score (nSPS) is 16.7. The first kappa shape index (κ1) is 96.9. The molecule has 0 spiro atoms. The second kappa shape index (κ2) is 40.6. The number of rotatable bonds is 15. The number of Topliss-reactive ketones (excluding diaryl/α,β-unsaturated/α-hetero) is 1. The van der Waals surface area contributed by atoms with Crippen molar-refractivity contribution in [3.05, 3.63) is 440 Å². The Balaban J connectivity index is 0.000000121. The van der Waals surface area contributed by atoms with Crippen molar-refractivity contribution >= 4 is 134 Å². The first-order chi connectivity index (χ1) is 68.7. The molecule has 8 aliphatic rings. The number of aromatic nitrogens is 5. The van der Waals surface area contributed by atoms with Crippen LogP contribution in [0.5, 0.6) is 23.5 Å². The Morgan fingerprint density at radius 3 is 1.50 bits per heavy atom. The van der Waals surface area contributed by atoms with E-state index in [1.807, 2.05) is 196 Å². The number of nitrogens with zero attached hydrogens (tertiary/aromatic N) is 14. The van der Waals surface area contributed by atoms with E-state index in [0.29, 0.717) is 40.2 Å². The van der Waals surface area contributed by atoms with Gasteiger partial charge in [-0.25, -0.2) is 15.0 Å². The molecule has 1 radical (unpaired) electrons. The van der Waals surface area contributed by atoms with Crippen molar-refractivity contribution in [1.82, 2.24) is 24.9 Å². The minimum atomic E-state index is -0.451. The van der Waals surface area contributed by atoms with Crippen LogP contribution in [0.4, 0.5) is 23.0 Å². The molecule has 143 heavy (non-hydrogen) atoms. The molecule has 8 heterocycles. The maximum atomic E-state index is 13.3. The average molecular weight is 2080 g/mol. The molecule has 3 aromatic heterocycles. The van der Waals surface area contributed by atoms with E-state index in [4.69, 9.17) is 51.2 Å². The van der Waals surface area contributed by atoms with E-state index in [2.05, 4.69) is 229 Å². The molecular formula is C120H101Br2ClCuN14O5. The van der Waals surface area contributed by atoms with Crippen molar-refractivity contribution in [3.63, 3.8) is 0 Å². The number of carbonyl (C=O) groups is 2. The molecule has 19 nitrogen and oxygen atoms in total. The number of aliphatic imine (C=N–C) groups is 2. The number of anilines is 3. The fraction of sp³-hybridized carbons (Fsp3) is 0.175. The van der Waals surface area contributed by atoms with Gasteiger partial charge in [-0.05, 0) is 308 Å². The molecule has 15 aromatic rings. The van der Waals surface area contributed by atoms with Gasteiger partial charge in [-0.1, -0.05) is 280 Å². The topological polar surface area (TPSA) is 217 Å². The van der Waals surface area contributed by atoms with Crippen LogP contribution in [0.25, 0.3) is 55.2 Å². The van der Waals surface area contributed by atoms with Crippen LogP contribution < -0.4 is 39.5 Å². The predicted molar refractivity (Wildman–Crippen MR) is 576 cm³/mol. The number of para-hydroxylation sites is 4. The summed E-state index contributed by atoms with van der Waals surface area (Å²) in [5.41, 5.74) is 35.4. The van der Waals surface area contributed by atoms with E-state index in [-0.39, 0.29) is 58.4 Å². The molecule has 5 aliphatic heterocycles. The molecule has 0 N–H and O–H groups in total. The molecular weight excluding hydrogens is 1980 g/mol. The number of amidine groups is 1. The van der Waals surface area contributed by atoms with E-state index in [1.165, 1.54) is 104 Å². The Hall–Kier alpha value is -14.9. The number of allylic oxidation sites excluding steroid dienone is 10. The Kier molecular flexibility index (Phi) is 27.5. The summed E-state index contributed by atoms with van der Waals surface area (Å²) in [5, 5.41) is 35.9. The summed E-state index contributed by atoms with van der Waals surface area (Å²) in [4.78, 5) is 63.0. The number of fused-ring (bicyclic) bond motifs is 9. The molecule has 23 rings (SSSR count). The number of ether oxygens (including phenoxy) is 2. The zero-order valence-electron chi connectivity index (χ0n) is 81.4. The van der Waals surface area contributed by atoms with Gasteiger partial charge in [0.1, 0.15) is 11.5 Å². The number of hydrazone groups is 2. The molecule has 0 atom stereocenters. The second-order valence-corrected chi connectivity index (χ2v) is 39.6. The fourth-order valence-corrected chi connectivity index (χ4v) is 21.0. The van der Waals surface area contributed by atoms with Crippen LogP contribution >= 0.6 is 43.5 Å². The maximum absolute atomic E-state index is 13.3. The Morgan fingerprint density at radius 2 is 1.01 bits per heavy atom. The van der Waals surface area contributed by atoms with Gasteiger partial charge in [-0.3, -0.25) is 9.59 Å². The molecule has 3 aliphatic carbocycles. The third-order valence-corrected chi connectivity index (χ3v) is 28.2. The Labute approximate surface area is 864 Å². The van der Waals surface area contributed by atoms with Gasteiger partial charge >= 0.3 is 35.0 Å². The van der Waals surface area contributed by atoms with E-state index in [1.54, 1.807) is 22.9 Å². The minimum absolute atomic E-state index is 0. The van der Waals surface area contributed by atoms with Crippen LogP contribution in [0.1, 0.15) is 144 Å². The summed E-state index contributed by atoms with van der Waals surface area (Å²) in [6, 6.07) is 90.7. The minimum Gasteiger partial charge on any atom is -0.871 e. The quantitative estimate of drug-likeness (QED) is 0.0532. The fourth-order valence-electron chi connectivity index (χ4n) is 20.1. The summed E-state index contributed by atoms with van der Waals surface area (Å²) in [7, 11) is 1.91. The number of amides is 1. The van der Waals surface area contributed by atoms with Gasteiger partial charge in [0, 0.05) is 65.7 Å². The number of halogens is 3. The van der Waals surface area contributed by atoms with Gasteiger partial charge in [0.05, 0.1) is 45.5 Å². The van der Waals surface area contributed by atoms with Crippen LogP contribution in [-0.2, 0) is 44.9 Å². The van der Waals surface area contributed by atoms with E-state index < -0.39 is 22.9 Å². The average Bonchev–Trinajstić information content (AvgIpc) is 1.61. The van der Waals surface area contributed by atoms with Crippen LogP contribution in [-0.4, -0.2) is 68.0 Å². The van der Waals surface area contributed by atoms with Gasteiger partial charge in [0.15, 0.2) is 12.5 Å². The molecule has 0 unspecified atom stereocenters. The van der Waals surface area contributed by atoms with Crippen LogP contribution in [0, 0.1) is 48.5 Å². The van der Waals surface area contributed by atoms with Crippen molar-refractivity contribution in [2.75, 3.05) is 28.6 Å². The number of azo groups is 2. The smallest absolute Gasteiger partial charge is 0.871 e. The molecule has 12 aromatic carbocycles. The Bertz CT molecular complexity index is 7780. The third kappa shape index (κ3) is 19.3. The first-order valence-electron chi connectivity index (χ1n) is 47.7. The third-order valence-electron chi connectivity index (χ3n) is 27.0. The molecule has 0 fully saturated rings. The largest absolute Gasteiger partial charge is 2.00 e. The van der Waals surface area contributed by atoms with Crippen molar-refractivity contribution in [1.29, 1.82) is 0 Å². The number of hydrogen-bond acceptors (Lipinski definition) is 15. The number of hydrogen-bond donors (Lipinski definition) is 0. The first-order valence-corrected chi connectivity index (χ1v) is 49.6. The van der Waals surface area contributed by atoms with Gasteiger partial charge in [0.25, 0.3) is 5.91 Å². The molecule has 1 amide bonds. The number of carbonyl (C=O) groups excluding carboxylic acids is 2.